The summed E-state index contributed by atoms with van der Waals surface area (Å²) < 4.78 is 16.3. The molecule has 146 valence electrons. The first-order valence-corrected chi connectivity index (χ1v) is 9.25. The number of methoxy groups -OCH3 is 3. The first-order chi connectivity index (χ1) is 13.2. The van der Waals surface area contributed by atoms with Gasteiger partial charge >= 0.3 is 0 Å². The Labute approximate surface area is 160 Å². The van der Waals surface area contributed by atoms with Crippen LogP contribution in [0.2, 0.25) is 0 Å². The number of rotatable bonds is 7. The highest BCUT2D eigenvalue weighted by Gasteiger charge is 2.18. The Bertz CT molecular complexity index is 769. The Hall–Kier alpha value is -2.70. The predicted octanol–water partition coefficient (Wildman–Crippen LogP) is 3.35. The van der Waals surface area contributed by atoms with E-state index in [9.17, 15) is 0 Å². The minimum absolute atomic E-state index is 0.552. The lowest BCUT2D eigenvalue weighted by atomic mass is 10.0. The van der Waals surface area contributed by atoms with Crippen LogP contribution in [0, 0.1) is 5.92 Å². The van der Waals surface area contributed by atoms with E-state index >= 15 is 0 Å². The molecule has 2 aromatic rings. The van der Waals surface area contributed by atoms with E-state index in [1.807, 2.05) is 18.2 Å². The van der Waals surface area contributed by atoms with Gasteiger partial charge in [-0.3, -0.25) is 0 Å². The zero-order valence-electron chi connectivity index (χ0n) is 16.5. The molecule has 1 atom stereocenters. The fraction of sp³-hybridized carbons (Fsp3) is 0.500. The molecule has 1 unspecified atom stereocenters. The zero-order valence-corrected chi connectivity index (χ0v) is 16.5. The summed E-state index contributed by atoms with van der Waals surface area (Å²) in [4.78, 5) is 11.1. The van der Waals surface area contributed by atoms with Gasteiger partial charge in [-0.2, -0.15) is 0 Å². The molecule has 0 saturated carbocycles. The zero-order chi connectivity index (χ0) is 19.2. The maximum Gasteiger partial charge on any atom is 0.203 e. The molecule has 27 heavy (non-hydrogen) atoms. The van der Waals surface area contributed by atoms with Crippen molar-refractivity contribution in [1.82, 2.24) is 9.97 Å². The van der Waals surface area contributed by atoms with Crippen molar-refractivity contribution in [1.29, 1.82) is 0 Å². The van der Waals surface area contributed by atoms with E-state index in [4.69, 9.17) is 14.2 Å². The molecule has 2 heterocycles. The van der Waals surface area contributed by atoms with Gasteiger partial charge in [0, 0.05) is 31.3 Å². The van der Waals surface area contributed by atoms with Crippen molar-refractivity contribution in [3.05, 3.63) is 30.1 Å². The fourth-order valence-corrected chi connectivity index (χ4v) is 3.50. The fourth-order valence-electron chi connectivity index (χ4n) is 3.50. The molecule has 1 aliphatic heterocycles. The van der Waals surface area contributed by atoms with Crippen LogP contribution in [-0.4, -0.2) is 44.4 Å². The summed E-state index contributed by atoms with van der Waals surface area (Å²) in [7, 11) is 4.84. The van der Waals surface area contributed by atoms with Crippen LogP contribution < -0.4 is 24.4 Å². The molecule has 1 N–H and O–H groups in total. The second-order valence-electron chi connectivity index (χ2n) is 6.80. The second-order valence-corrected chi connectivity index (χ2v) is 6.80. The van der Waals surface area contributed by atoms with E-state index in [-0.39, 0.29) is 0 Å². The third-order valence-corrected chi connectivity index (χ3v) is 4.88. The summed E-state index contributed by atoms with van der Waals surface area (Å²) in [6, 6.07) is 5.84. The summed E-state index contributed by atoms with van der Waals surface area (Å²) in [5, 5.41) is 3.36. The van der Waals surface area contributed by atoms with Crippen molar-refractivity contribution in [3.63, 3.8) is 0 Å². The average molecular weight is 372 g/mol. The molecule has 0 aliphatic carbocycles. The largest absolute Gasteiger partial charge is 0.493 e. The van der Waals surface area contributed by atoms with E-state index in [0.717, 1.165) is 30.3 Å². The first-order valence-electron chi connectivity index (χ1n) is 9.25. The van der Waals surface area contributed by atoms with Crippen molar-refractivity contribution in [3.8, 4) is 17.2 Å². The lowest BCUT2D eigenvalue weighted by molar-refractivity contribution is 0.322. The Morgan fingerprint density at radius 2 is 1.93 bits per heavy atom. The molecule has 1 fully saturated rings. The third-order valence-electron chi connectivity index (χ3n) is 4.88. The highest BCUT2D eigenvalue weighted by molar-refractivity contribution is 5.57. The van der Waals surface area contributed by atoms with E-state index < -0.39 is 0 Å². The molecular formula is C20H28N4O3. The summed E-state index contributed by atoms with van der Waals surface area (Å²) >= 11 is 0. The van der Waals surface area contributed by atoms with Crippen molar-refractivity contribution in [2.75, 3.05) is 44.6 Å². The van der Waals surface area contributed by atoms with Gasteiger partial charge in [0.2, 0.25) is 5.75 Å². The van der Waals surface area contributed by atoms with Crippen LogP contribution in [0.4, 0.5) is 11.6 Å². The van der Waals surface area contributed by atoms with Crippen LogP contribution in [0.1, 0.15) is 25.3 Å². The lowest BCUT2D eigenvalue weighted by Crippen LogP contribution is -2.34. The van der Waals surface area contributed by atoms with Gasteiger partial charge < -0.3 is 24.4 Å². The third kappa shape index (κ3) is 4.35. The Morgan fingerprint density at radius 3 is 2.63 bits per heavy atom. The van der Waals surface area contributed by atoms with Crippen LogP contribution in [-0.2, 0) is 6.54 Å². The molecule has 0 bridgehead atoms. The Kier molecular flexibility index (Phi) is 6.21. The summed E-state index contributed by atoms with van der Waals surface area (Å²) in [6.07, 6.45) is 4.10. The SMILES string of the molecule is COc1ccc(CNc2cc(N3CCCC(C)C3)ncn2)c(OC)c1OC. The van der Waals surface area contributed by atoms with Crippen LogP contribution in [0.5, 0.6) is 17.2 Å². The number of nitrogens with zero attached hydrogens (tertiary/aromatic N) is 3. The Balaban J connectivity index is 1.74. The van der Waals surface area contributed by atoms with Crippen molar-refractivity contribution < 1.29 is 14.2 Å². The van der Waals surface area contributed by atoms with Crippen molar-refractivity contribution >= 4 is 11.6 Å². The van der Waals surface area contributed by atoms with E-state index in [1.165, 1.54) is 12.8 Å². The average Bonchev–Trinajstić information content (AvgIpc) is 2.71. The molecule has 0 amide bonds. The normalized spacial score (nSPS) is 16.7. The molecule has 7 nitrogen and oxygen atoms in total. The molecule has 0 radical (unpaired) electrons. The molecule has 1 saturated heterocycles. The van der Waals surface area contributed by atoms with E-state index in [1.54, 1.807) is 27.7 Å². The molecule has 1 aromatic carbocycles. The summed E-state index contributed by atoms with van der Waals surface area (Å²) in [5.41, 5.74) is 0.960. The minimum atomic E-state index is 0.552. The van der Waals surface area contributed by atoms with Gasteiger partial charge in [-0.1, -0.05) is 6.92 Å². The number of ether oxygens (including phenoxy) is 3. The molecule has 3 rings (SSSR count). The maximum absolute atomic E-state index is 5.54. The number of hydrogen-bond acceptors (Lipinski definition) is 7. The highest BCUT2D eigenvalue weighted by Crippen LogP contribution is 2.39. The topological polar surface area (TPSA) is 68.7 Å². The minimum Gasteiger partial charge on any atom is -0.493 e. The number of benzene rings is 1. The van der Waals surface area contributed by atoms with Crippen LogP contribution in [0.15, 0.2) is 24.5 Å². The van der Waals surface area contributed by atoms with Gasteiger partial charge in [0.25, 0.3) is 0 Å². The number of nitrogens with one attached hydrogen (secondary N) is 1. The van der Waals surface area contributed by atoms with E-state index in [2.05, 4.69) is 27.1 Å². The number of aromatic nitrogens is 2. The van der Waals surface area contributed by atoms with Crippen LogP contribution in [0.25, 0.3) is 0 Å². The predicted molar refractivity (Wildman–Crippen MR) is 106 cm³/mol. The smallest absolute Gasteiger partial charge is 0.203 e. The quantitative estimate of drug-likeness (QED) is 0.799. The monoisotopic (exact) mass is 372 g/mol. The van der Waals surface area contributed by atoms with Crippen molar-refractivity contribution in [2.45, 2.75) is 26.3 Å². The number of hydrogen-bond donors (Lipinski definition) is 1. The lowest BCUT2D eigenvalue weighted by Gasteiger charge is -2.31. The van der Waals surface area contributed by atoms with Crippen molar-refractivity contribution in [2.24, 2.45) is 5.92 Å². The molecule has 1 aromatic heterocycles. The first kappa shape index (κ1) is 19.1. The molecular weight excluding hydrogens is 344 g/mol. The molecule has 0 spiro atoms. The van der Waals surface area contributed by atoms with Gasteiger partial charge in [0.15, 0.2) is 11.5 Å². The van der Waals surface area contributed by atoms with Gasteiger partial charge in [-0.15, -0.1) is 0 Å². The molecule has 1 aliphatic rings. The molecule has 7 heteroatoms. The second kappa shape index (κ2) is 8.79. The Morgan fingerprint density at radius 1 is 1.11 bits per heavy atom. The summed E-state index contributed by atoms with van der Waals surface area (Å²) in [5.74, 6) is 4.34. The van der Waals surface area contributed by atoms with Gasteiger partial charge in [-0.05, 0) is 30.9 Å². The van der Waals surface area contributed by atoms with Gasteiger partial charge in [-0.25, -0.2) is 9.97 Å². The van der Waals surface area contributed by atoms with Gasteiger partial charge in [0.1, 0.15) is 18.0 Å². The van der Waals surface area contributed by atoms with Crippen LogP contribution >= 0.6 is 0 Å². The highest BCUT2D eigenvalue weighted by atomic mass is 16.5. The van der Waals surface area contributed by atoms with Crippen LogP contribution in [0.3, 0.4) is 0 Å². The standard InChI is InChI=1S/C20H28N4O3/c1-14-6-5-9-24(12-14)18-10-17(22-13-23-18)21-11-15-7-8-16(25-2)20(27-4)19(15)26-3/h7-8,10,13-14H,5-6,9,11-12H2,1-4H3,(H,21,22,23). The summed E-state index contributed by atoms with van der Waals surface area (Å²) in [6.45, 7) is 4.93. The van der Waals surface area contributed by atoms with E-state index in [0.29, 0.717) is 29.7 Å². The van der Waals surface area contributed by atoms with Gasteiger partial charge in [0.05, 0.1) is 21.3 Å². The number of anilines is 2. The number of piperidine rings is 1. The maximum atomic E-state index is 5.54.